The Morgan fingerprint density at radius 1 is 1.00 bits per heavy atom. The normalized spacial score (nSPS) is 20.7. The second-order valence-electron chi connectivity index (χ2n) is 7.95. The molecule has 1 aromatic carbocycles. The molecule has 1 aromatic rings. The molecule has 11 heteroatoms. The van der Waals surface area contributed by atoms with Gasteiger partial charge in [0.25, 0.3) is 10.2 Å². The molecule has 0 aromatic heterocycles. The van der Waals surface area contributed by atoms with Gasteiger partial charge in [-0.05, 0) is 31.0 Å². The van der Waals surface area contributed by atoms with E-state index in [4.69, 9.17) is 23.2 Å². The van der Waals surface area contributed by atoms with Crippen molar-refractivity contribution >= 4 is 43.2 Å². The number of sulfone groups is 1. The average molecular weight is 498 g/mol. The third-order valence-electron chi connectivity index (χ3n) is 6.01. The van der Waals surface area contributed by atoms with E-state index in [0.717, 1.165) is 25.7 Å². The number of benzene rings is 1. The number of halogens is 2. The van der Waals surface area contributed by atoms with Gasteiger partial charge in [0, 0.05) is 50.8 Å². The molecular weight excluding hydrogens is 469 g/mol. The zero-order valence-corrected chi connectivity index (χ0v) is 20.3. The van der Waals surface area contributed by atoms with Crippen LogP contribution in [0.4, 0.5) is 0 Å². The average Bonchev–Trinajstić information content (AvgIpc) is 2.74. The van der Waals surface area contributed by atoms with Gasteiger partial charge < -0.3 is 0 Å². The van der Waals surface area contributed by atoms with Crippen LogP contribution in [-0.4, -0.2) is 81.9 Å². The first-order chi connectivity index (χ1) is 14.1. The maximum atomic E-state index is 13.0. The molecule has 0 spiro atoms. The molecule has 2 aliphatic rings. The van der Waals surface area contributed by atoms with Crippen molar-refractivity contribution in [3.8, 4) is 0 Å². The third-order valence-corrected chi connectivity index (χ3v) is 10.5. The first kappa shape index (κ1) is 24.2. The lowest BCUT2D eigenvalue weighted by molar-refractivity contribution is 0.183. The number of hydrogen-bond acceptors (Lipinski definition) is 5. The summed E-state index contributed by atoms with van der Waals surface area (Å²) < 4.78 is 54.3. The van der Waals surface area contributed by atoms with Crippen molar-refractivity contribution in [1.29, 1.82) is 0 Å². The van der Waals surface area contributed by atoms with Crippen molar-refractivity contribution in [3.63, 3.8) is 0 Å². The number of rotatable bonds is 7. The van der Waals surface area contributed by atoms with Gasteiger partial charge in [-0.3, -0.25) is 4.90 Å². The molecule has 30 heavy (non-hydrogen) atoms. The van der Waals surface area contributed by atoms with E-state index >= 15 is 0 Å². The van der Waals surface area contributed by atoms with E-state index in [9.17, 15) is 16.8 Å². The monoisotopic (exact) mass is 497 g/mol. The van der Waals surface area contributed by atoms with Crippen LogP contribution in [0.25, 0.3) is 0 Å². The summed E-state index contributed by atoms with van der Waals surface area (Å²) in [5.74, 6) is -0.0954. The number of nitrogens with zero attached hydrogens (tertiary/aromatic N) is 3. The molecule has 0 atom stereocenters. The molecular formula is C19H29Cl2N3O4S2. The summed E-state index contributed by atoms with van der Waals surface area (Å²) >= 11 is 11.9. The van der Waals surface area contributed by atoms with Crippen LogP contribution in [0.5, 0.6) is 0 Å². The van der Waals surface area contributed by atoms with Gasteiger partial charge in [0.05, 0.1) is 15.7 Å². The van der Waals surface area contributed by atoms with E-state index in [0.29, 0.717) is 37.7 Å². The second-order valence-corrected chi connectivity index (χ2v) is 12.9. The molecule has 0 bridgehead atoms. The molecule has 1 aliphatic carbocycles. The van der Waals surface area contributed by atoms with Crippen molar-refractivity contribution in [1.82, 2.24) is 13.5 Å². The van der Waals surface area contributed by atoms with Crippen LogP contribution in [0.15, 0.2) is 23.1 Å². The summed E-state index contributed by atoms with van der Waals surface area (Å²) in [4.78, 5) is 2.01. The quantitative estimate of drug-likeness (QED) is 0.578. The van der Waals surface area contributed by atoms with E-state index in [1.807, 2.05) is 4.90 Å². The Morgan fingerprint density at radius 2 is 1.63 bits per heavy atom. The highest BCUT2D eigenvalue weighted by atomic mass is 35.5. The highest BCUT2D eigenvalue weighted by molar-refractivity contribution is 7.91. The van der Waals surface area contributed by atoms with Crippen LogP contribution in [0, 0.1) is 0 Å². The minimum absolute atomic E-state index is 0.0342. The first-order valence-electron chi connectivity index (χ1n) is 10.2. The van der Waals surface area contributed by atoms with Gasteiger partial charge in [-0.15, -0.1) is 0 Å². The standard InChI is InChI=1S/C19H29Cl2N3O4S2/c1-22(17-5-3-2-4-6-17)30(27,28)24-11-9-23(10-12-24)13-14-29(25,26)19-15-16(20)7-8-18(19)21/h7-8,15,17H,2-6,9-14H2,1H3. The molecule has 3 rings (SSSR count). The zero-order chi connectivity index (χ0) is 21.9. The molecule has 0 unspecified atom stereocenters. The summed E-state index contributed by atoms with van der Waals surface area (Å²) in [6.07, 6.45) is 5.15. The SMILES string of the molecule is CN(C1CCCCC1)S(=O)(=O)N1CCN(CCS(=O)(=O)c2cc(Cl)ccc2Cl)CC1. The summed E-state index contributed by atoms with van der Waals surface area (Å²) in [5.41, 5.74) is 0. The van der Waals surface area contributed by atoms with Gasteiger partial charge in [0.15, 0.2) is 9.84 Å². The maximum Gasteiger partial charge on any atom is 0.282 e. The van der Waals surface area contributed by atoms with E-state index in [1.54, 1.807) is 13.1 Å². The molecule has 1 saturated carbocycles. The number of hydrogen-bond donors (Lipinski definition) is 0. The van der Waals surface area contributed by atoms with E-state index in [2.05, 4.69) is 0 Å². The molecule has 0 radical (unpaired) electrons. The van der Waals surface area contributed by atoms with Crippen LogP contribution < -0.4 is 0 Å². The fraction of sp³-hybridized carbons (Fsp3) is 0.684. The zero-order valence-electron chi connectivity index (χ0n) is 17.1. The van der Waals surface area contributed by atoms with Crippen molar-refractivity contribution in [3.05, 3.63) is 28.2 Å². The molecule has 1 heterocycles. The minimum Gasteiger partial charge on any atom is -0.300 e. The lowest BCUT2D eigenvalue weighted by atomic mass is 9.96. The third kappa shape index (κ3) is 5.68. The lowest BCUT2D eigenvalue weighted by Crippen LogP contribution is -2.54. The summed E-state index contributed by atoms with van der Waals surface area (Å²) in [5, 5.41) is 0.472. The van der Waals surface area contributed by atoms with Crippen molar-refractivity contribution < 1.29 is 16.8 Å². The van der Waals surface area contributed by atoms with E-state index < -0.39 is 20.0 Å². The Hall–Kier alpha value is -0.420. The van der Waals surface area contributed by atoms with Crippen LogP contribution in [-0.2, 0) is 20.0 Å². The van der Waals surface area contributed by atoms with Crippen molar-refractivity contribution in [2.45, 2.75) is 43.0 Å². The predicted octanol–water partition coefficient (Wildman–Crippen LogP) is 2.89. The first-order valence-corrected chi connectivity index (χ1v) is 14.0. The molecule has 1 aliphatic heterocycles. The van der Waals surface area contributed by atoms with Crippen LogP contribution in [0.1, 0.15) is 32.1 Å². The second kappa shape index (κ2) is 10.0. The summed E-state index contributed by atoms with van der Waals surface area (Å²) in [7, 11) is -5.39. The smallest absolute Gasteiger partial charge is 0.282 e. The van der Waals surface area contributed by atoms with Gasteiger partial charge in [0.2, 0.25) is 0 Å². The molecule has 0 N–H and O–H groups in total. The highest BCUT2D eigenvalue weighted by Gasteiger charge is 2.34. The highest BCUT2D eigenvalue weighted by Crippen LogP contribution is 2.27. The van der Waals surface area contributed by atoms with E-state index in [-0.39, 0.29) is 21.7 Å². The van der Waals surface area contributed by atoms with Gasteiger partial charge in [-0.25, -0.2) is 8.42 Å². The lowest BCUT2D eigenvalue weighted by Gasteiger charge is -2.38. The Morgan fingerprint density at radius 3 is 2.27 bits per heavy atom. The maximum absolute atomic E-state index is 13.0. The van der Waals surface area contributed by atoms with Gasteiger partial charge in [-0.1, -0.05) is 42.5 Å². The van der Waals surface area contributed by atoms with Crippen LogP contribution >= 0.6 is 23.2 Å². The largest absolute Gasteiger partial charge is 0.300 e. The Bertz CT molecular complexity index is 943. The van der Waals surface area contributed by atoms with E-state index in [1.165, 1.54) is 27.2 Å². The van der Waals surface area contributed by atoms with Gasteiger partial charge in [-0.2, -0.15) is 17.0 Å². The minimum atomic E-state index is -3.58. The topological polar surface area (TPSA) is 78.0 Å². The summed E-state index contributed by atoms with van der Waals surface area (Å²) in [6, 6.07) is 4.47. The predicted molar refractivity (Wildman–Crippen MR) is 120 cm³/mol. The Kier molecular flexibility index (Phi) is 8.09. The van der Waals surface area contributed by atoms with Crippen molar-refractivity contribution in [2.24, 2.45) is 0 Å². The van der Waals surface area contributed by atoms with Crippen LogP contribution in [0.2, 0.25) is 10.0 Å². The molecule has 2 fully saturated rings. The molecule has 7 nitrogen and oxygen atoms in total. The number of piperazine rings is 1. The fourth-order valence-corrected chi connectivity index (χ4v) is 7.75. The van der Waals surface area contributed by atoms with Crippen LogP contribution in [0.3, 0.4) is 0 Å². The molecule has 0 amide bonds. The molecule has 170 valence electrons. The Labute approximate surface area is 190 Å². The van der Waals surface area contributed by atoms with Crippen molar-refractivity contribution in [2.75, 3.05) is 45.5 Å². The molecule has 1 saturated heterocycles. The summed E-state index contributed by atoms with van der Waals surface area (Å²) in [6.45, 7) is 2.03. The Balaban J connectivity index is 1.54. The van der Waals surface area contributed by atoms with Gasteiger partial charge in [0.1, 0.15) is 0 Å². The fourth-order valence-electron chi connectivity index (χ4n) is 4.07. The van der Waals surface area contributed by atoms with Gasteiger partial charge >= 0.3 is 0 Å².